The molecule has 0 radical (unpaired) electrons. The Morgan fingerprint density at radius 1 is 1.32 bits per heavy atom. The molecule has 0 heterocycles. The Morgan fingerprint density at radius 2 is 2.04 bits per heavy atom. The summed E-state index contributed by atoms with van der Waals surface area (Å²) in [5, 5.41) is 32.6. The van der Waals surface area contributed by atoms with Crippen LogP contribution in [0.1, 0.15) is 39.5 Å². The summed E-state index contributed by atoms with van der Waals surface area (Å²) < 4.78 is 0. The Kier molecular flexibility index (Phi) is 3.78. The average molecular weight is 407 g/mol. The van der Waals surface area contributed by atoms with Crippen molar-refractivity contribution in [3.8, 4) is 0 Å². The Balaban J connectivity index is 1.64. The number of halogens is 1. The second kappa shape index (κ2) is 5.57. The molecule has 5 nitrogen and oxygen atoms in total. The van der Waals surface area contributed by atoms with E-state index >= 15 is 0 Å². The van der Waals surface area contributed by atoms with Crippen LogP contribution >= 0.6 is 11.6 Å². The number of allylic oxidation sites excluding steroid dienone is 4. The minimum absolute atomic E-state index is 0.0108. The summed E-state index contributed by atoms with van der Waals surface area (Å²) >= 11 is 6.68. The Morgan fingerprint density at radius 3 is 2.71 bits per heavy atom. The molecule has 5 aliphatic rings. The number of rotatable bonds is 2. The van der Waals surface area contributed by atoms with E-state index in [0.29, 0.717) is 24.3 Å². The van der Waals surface area contributed by atoms with Crippen molar-refractivity contribution in [2.24, 2.45) is 40.4 Å². The van der Waals surface area contributed by atoms with Crippen molar-refractivity contribution in [2.75, 3.05) is 6.61 Å². The van der Waals surface area contributed by atoms with Crippen LogP contribution in [0.25, 0.3) is 0 Å². The molecule has 3 saturated carbocycles. The first-order chi connectivity index (χ1) is 13.1. The van der Waals surface area contributed by atoms with Crippen LogP contribution in [0.5, 0.6) is 0 Å². The van der Waals surface area contributed by atoms with Crippen molar-refractivity contribution >= 4 is 23.2 Å². The molecule has 0 spiro atoms. The third-order valence-electron chi connectivity index (χ3n) is 9.19. The molecule has 0 unspecified atom stereocenters. The fourth-order valence-corrected chi connectivity index (χ4v) is 8.08. The van der Waals surface area contributed by atoms with Gasteiger partial charge in [-0.25, -0.2) is 0 Å². The smallest absolute Gasteiger partial charge is 0.190 e. The average Bonchev–Trinajstić information content (AvgIpc) is 3.40. The van der Waals surface area contributed by atoms with Crippen molar-refractivity contribution in [2.45, 2.75) is 51.2 Å². The van der Waals surface area contributed by atoms with Gasteiger partial charge in [0.1, 0.15) is 12.2 Å². The van der Waals surface area contributed by atoms with Gasteiger partial charge in [0.15, 0.2) is 11.6 Å². The summed E-state index contributed by atoms with van der Waals surface area (Å²) in [6, 6.07) is 0. The molecule has 28 heavy (non-hydrogen) atoms. The molecule has 0 aromatic carbocycles. The normalized spacial score (nSPS) is 54.0. The third kappa shape index (κ3) is 1.99. The lowest BCUT2D eigenvalue weighted by atomic mass is 9.46. The van der Waals surface area contributed by atoms with Crippen molar-refractivity contribution in [1.82, 2.24) is 0 Å². The zero-order valence-corrected chi connectivity index (χ0v) is 16.9. The molecule has 0 aromatic rings. The Bertz CT molecular complexity index is 848. The van der Waals surface area contributed by atoms with E-state index in [1.54, 1.807) is 6.08 Å². The Hall–Kier alpha value is -1.01. The number of hydrogen-bond acceptors (Lipinski definition) is 5. The van der Waals surface area contributed by atoms with E-state index in [4.69, 9.17) is 11.6 Å². The quantitative estimate of drug-likeness (QED) is 0.651. The molecule has 9 atom stereocenters. The zero-order valence-electron chi connectivity index (χ0n) is 16.2. The second-order valence-corrected chi connectivity index (χ2v) is 10.5. The first-order valence-electron chi connectivity index (χ1n) is 10.3. The van der Waals surface area contributed by atoms with Gasteiger partial charge in [0, 0.05) is 27.7 Å². The summed E-state index contributed by atoms with van der Waals surface area (Å²) in [6.45, 7) is 3.31. The lowest BCUT2D eigenvalue weighted by Crippen LogP contribution is -2.62. The minimum Gasteiger partial charge on any atom is -0.393 e. The van der Waals surface area contributed by atoms with Gasteiger partial charge in [0.05, 0.1) is 6.10 Å². The number of aliphatic hydroxyl groups is 3. The van der Waals surface area contributed by atoms with Gasteiger partial charge in [-0.05, 0) is 55.1 Å². The van der Waals surface area contributed by atoms with Crippen LogP contribution in [0.15, 0.2) is 22.8 Å². The standard InChI is InChI=1S/C22H27ClO5/c1-20-8-17(26)19-11(12(20)3-4-22(20,28)18(27)9-24)6-15(23)14-7-16(25)10-5-13(10)21(14,19)2/h6-7,10-13,17,19,24,26,28H,3-5,8-9H2,1-2H3/t10-,11+,12+,13+,17+,19-,20+,21+,22+/m1/s1. The maximum atomic E-state index is 12.4. The molecule has 6 heteroatoms. The lowest BCUT2D eigenvalue weighted by Gasteiger charge is -2.59. The molecule has 0 amide bonds. The first-order valence-corrected chi connectivity index (χ1v) is 10.7. The van der Waals surface area contributed by atoms with Crippen molar-refractivity contribution < 1.29 is 24.9 Å². The largest absolute Gasteiger partial charge is 0.393 e. The lowest BCUT2D eigenvalue weighted by molar-refractivity contribution is -0.175. The highest BCUT2D eigenvalue weighted by Crippen LogP contribution is 2.72. The predicted octanol–water partition coefficient (Wildman–Crippen LogP) is 1.98. The van der Waals surface area contributed by atoms with Crippen molar-refractivity contribution in [1.29, 1.82) is 0 Å². The molecule has 0 saturated heterocycles. The highest BCUT2D eigenvalue weighted by atomic mass is 35.5. The second-order valence-electron chi connectivity index (χ2n) is 10.1. The van der Waals surface area contributed by atoms with Crippen LogP contribution in [-0.2, 0) is 9.59 Å². The summed E-state index contributed by atoms with van der Waals surface area (Å²) in [4.78, 5) is 24.8. The summed E-state index contributed by atoms with van der Waals surface area (Å²) in [5.41, 5.74) is -1.95. The number of carbonyl (C=O) groups excluding carboxylic acids is 2. The van der Waals surface area contributed by atoms with Gasteiger partial charge in [-0.1, -0.05) is 31.5 Å². The fraction of sp³-hybridized carbons (Fsp3) is 0.727. The number of hydrogen-bond donors (Lipinski definition) is 3. The van der Waals surface area contributed by atoms with E-state index in [0.717, 1.165) is 12.0 Å². The fourth-order valence-electron chi connectivity index (χ4n) is 7.68. The van der Waals surface area contributed by atoms with E-state index in [9.17, 15) is 24.9 Å². The molecule has 152 valence electrons. The SMILES string of the molecule is C[C@@]12C(=CC(=O)[C@@H]3C[C@@H]31)C(Cl)=C[C@@H]1[C@@H]2[C@@H](O)C[C@@]2(C)[C@H]1CC[C@]2(O)C(=O)CO. The minimum atomic E-state index is -1.62. The van der Waals surface area contributed by atoms with Crippen LogP contribution in [-0.4, -0.2) is 45.2 Å². The monoisotopic (exact) mass is 406 g/mol. The van der Waals surface area contributed by atoms with Gasteiger partial charge in [0.2, 0.25) is 0 Å². The third-order valence-corrected chi connectivity index (χ3v) is 9.52. The molecule has 3 fully saturated rings. The topological polar surface area (TPSA) is 94.8 Å². The van der Waals surface area contributed by atoms with Gasteiger partial charge >= 0.3 is 0 Å². The molecular formula is C22H27ClO5. The number of Topliss-reactive ketones (excluding diaryl/α,β-unsaturated/α-hetero) is 1. The zero-order chi connectivity index (χ0) is 20.2. The molecule has 0 aliphatic heterocycles. The number of aliphatic hydroxyl groups excluding tert-OH is 2. The van der Waals surface area contributed by atoms with Crippen LogP contribution in [0.4, 0.5) is 0 Å². The Labute approximate surface area is 169 Å². The molecule has 0 bridgehead atoms. The van der Waals surface area contributed by atoms with Gasteiger partial charge in [-0.3, -0.25) is 9.59 Å². The van der Waals surface area contributed by atoms with Gasteiger partial charge in [0.25, 0.3) is 0 Å². The van der Waals surface area contributed by atoms with E-state index in [1.165, 1.54) is 0 Å². The molecule has 5 aliphatic carbocycles. The van der Waals surface area contributed by atoms with E-state index in [1.807, 2.05) is 13.0 Å². The summed E-state index contributed by atoms with van der Waals surface area (Å²) in [5.74, 6) is -0.356. The summed E-state index contributed by atoms with van der Waals surface area (Å²) in [6.07, 6.45) is 5.01. The van der Waals surface area contributed by atoms with E-state index in [-0.39, 0.29) is 40.8 Å². The maximum absolute atomic E-state index is 12.4. The van der Waals surface area contributed by atoms with Crippen LogP contribution in [0, 0.1) is 40.4 Å². The molecule has 5 rings (SSSR count). The predicted molar refractivity (Wildman–Crippen MR) is 102 cm³/mol. The number of carbonyl (C=O) groups is 2. The van der Waals surface area contributed by atoms with Gasteiger partial charge < -0.3 is 15.3 Å². The van der Waals surface area contributed by atoms with Gasteiger partial charge in [-0.2, -0.15) is 0 Å². The van der Waals surface area contributed by atoms with Crippen LogP contribution in [0.3, 0.4) is 0 Å². The van der Waals surface area contributed by atoms with E-state index < -0.39 is 29.5 Å². The number of ketones is 2. The maximum Gasteiger partial charge on any atom is 0.190 e. The molecule has 3 N–H and O–H groups in total. The summed E-state index contributed by atoms with van der Waals surface area (Å²) in [7, 11) is 0. The van der Waals surface area contributed by atoms with E-state index in [2.05, 4.69) is 6.92 Å². The molecular weight excluding hydrogens is 380 g/mol. The van der Waals surface area contributed by atoms with Crippen LogP contribution < -0.4 is 0 Å². The highest BCUT2D eigenvalue weighted by Gasteiger charge is 2.71. The van der Waals surface area contributed by atoms with Gasteiger partial charge in [-0.15, -0.1) is 0 Å². The molecule has 0 aromatic heterocycles. The highest BCUT2D eigenvalue weighted by molar-refractivity contribution is 6.32. The number of fused-ring (bicyclic) bond motifs is 7. The first kappa shape index (κ1) is 19.0. The van der Waals surface area contributed by atoms with Crippen molar-refractivity contribution in [3.63, 3.8) is 0 Å². The van der Waals surface area contributed by atoms with Crippen LogP contribution in [0.2, 0.25) is 0 Å². The van der Waals surface area contributed by atoms with Crippen molar-refractivity contribution in [3.05, 3.63) is 22.8 Å².